The maximum atomic E-state index is 6.51. The Labute approximate surface area is 324 Å². The van der Waals surface area contributed by atoms with E-state index in [1.807, 2.05) is 0 Å². The summed E-state index contributed by atoms with van der Waals surface area (Å²) in [5.74, 6) is 0. The van der Waals surface area contributed by atoms with Crippen molar-refractivity contribution in [3.8, 4) is 33.4 Å². The molecule has 0 bridgehead atoms. The zero-order valence-corrected chi connectivity index (χ0v) is 30.5. The van der Waals surface area contributed by atoms with Gasteiger partial charge >= 0.3 is 0 Å². The minimum Gasteiger partial charge on any atom is -0.455 e. The third-order valence-corrected chi connectivity index (χ3v) is 12.3. The van der Waals surface area contributed by atoms with Crippen LogP contribution in [0.5, 0.6) is 0 Å². The Morgan fingerprint density at radius 2 is 0.857 bits per heavy atom. The zero-order chi connectivity index (χ0) is 36.8. The van der Waals surface area contributed by atoms with Crippen LogP contribution in [0.4, 0.5) is 0 Å². The molecule has 0 saturated heterocycles. The molecule has 56 heavy (non-hydrogen) atoms. The van der Waals surface area contributed by atoms with Gasteiger partial charge in [-0.25, -0.2) is 0 Å². The second-order valence-electron chi connectivity index (χ2n) is 15.2. The normalized spacial score (nSPS) is 13.1. The first-order chi connectivity index (χ1) is 27.7. The Morgan fingerprint density at radius 1 is 0.321 bits per heavy atom. The topological polar surface area (TPSA) is 13.1 Å². The predicted octanol–water partition coefficient (Wildman–Crippen LogP) is 14.7. The van der Waals surface area contributed by atoms with E-state index in [0.717, 1.165) is 32.9 Å². The zero-order valence-electron chi connectivity index (χ0n) is 30.5. The number of fused-ring (bicyclic) bond motifs is 11. The van der Waals surface area contributed by atoms with E-state index in [2.05, 4.69) is 206 Å². The molecule has 11 aromatic rings. The molecule has 0 unspecified atom stereocenters. The van der Waals surface area contributed by atoms with Crippen LogP contribution >= 0.6 is 0 Å². The van der Waals surface area contributed by atoms with Crippen LogP contribution in [0, 0.1) is 0 Å². The van der Waals surface area contributed by atoms with Crippen molar-refractivity contribution in [3.05, 3.63) is 229 Å². The van der Waals surface area contributed by atoms with Gasteiger partial charge in [0.25, 0.3) is 0 Å². The largest absolute Gasteiger partial charge is 0.455 e. The Hall–Kier alpha value is -7.22. The molecule has 10 aromatic carbocycles. The first-order valence-corrected chi connectivity index (χ1v) is 19.4. The highest BCUT2D eigenvalue weighted by Gasteiger charge is 2.46. The summed E-state index contributed by atoms with van der Waals surface area (Å²) < 4.78 is 6.51. The lowest BCUT2D eigenvalue weighted by molar-refractivity contribution is 0.673. The molecule has 260 valence electrons. The smallest absolute Gasteiger partial charge is 0.143 e. The third-order valence-electron chi connectivity index (χ3n) is 12.3. The maximum Gasteiger partial charge on any atom is 0.143 e. The highest BCUT2D eigenvalue weighted by Crippen LogP contribution is 2.58. The fraction of sp³-hybridized carbons (Fsp3) is 0.0182. The van der Waals surface area contributed by atoms with Crippen molar-refractivity contribution in [2.45, 2.75) is 5.41 Å². The SMILES string of the molecule is c1ccc(C2(c3ccccc3)c3ccccc3-c3ccc4cc(-c5ccc6cc(-c7ccc8c(c7)oc7c9ccccc9ccc87)ccc6c5)ccc4c32)cc1. The van der Waals surface area contributed by atoms with E-state index in [1.54, 1.807) is 0 Å². The molecule has 1 heteroatoms. The Kier molecular flexibility index (Phi) is 6.62. The third kappa shape index (κ3) is 4.43. The lowest BCUT2D eigenvalue weighted by Crippen LogP contribution is -2.28. The maximum absolute atomic E-state index is 6.51. The first-order valence-electron chi connectivity index (χ1n) is 19.4. The van der Waals surface area contributed by atoms with Gasteiger partial charge in [0, 0.05) is 16.2 Å². The van der Waals surface area contributed by atoms with Crippen molar-refractivity contribution in [3.63, 3.8) is 0 Å². The van der Waals surface area contributed by atoms with Crippen molar-refractivity contribution in [2.75, 3.05) is 0 Å². The Balaban J connectivity index is 0.952. The minimum absolute atomic E-state index is 0.431. The van der Waals surface area contributed by atoms with E-state index in [1.165, 1.54) is 77.0 Å². The monoisotopic (exact) mass is 710 g/mol. The lowest BCUT2D eigenvalue weighted by atomic mass is 9.66. The average molecular weight is 711 g/mol. The quantitative estimate of drug-likeness (QED) is 0.177. The van der Waals surface area contributed by atoms with E-state index >= 15 is 0 Å². The molecule has 0 saturated carbocycles. The highest BCUT2D eigenvalue weighted by atomic mass is 16.3. The van der Waals surface area contributed by atoms with Crippen molar-refractivity contribution in [2.24, 2.45) is 0 Å². The summed E-state index contributed by atoms with van der Waals surface area (Å²) in [4.78, 5) is 0. The second kappa shape index (κ2) is 11.9. The highest BCUT2D eigenvalue weighted by molar-refractivity contribution is 6.15. The van der Waals surface area contributed by atoms with Crippen LogP contribution in [0.1, 0.15) is 22.3 Å². The Morgan fingerprint density at radius 3 is 1.59 bits per heavy atom. The van der Waals surface area contributed by atoms with Gasteiger partial charge in [-0.1, -0.05) is 170 Å². The van der Waals surface area contributed by atoms with Crippen LogP contribution in [0.25, 0.3) is 87.6 Å². The molecular formula is C55H34O. The lowest BCUT2D eigenvalue weighted by Gasteiger charge is -2.34. The molecule has 0 radical (unpaired) electrons. The fourth-order valence-corrected chi connectivity index (χ4v) is 9.75. The van der Waals surface area contributed by atoms with Crippen LogP contribution in [0.2, 0.25) is 0 Å². The summed E-state index contributed by atoms with van der Waals surface area (Å²) in [5.41, 5.74) is 14.1. The van der Waals surface area contributed by atoms with E-state index in [-0.39, 0.29) is 0 Å². The van der Waals surface area contributed by atoms with Crippen molar-refractivity contribution < 1.29 is 4.42 Å². The molecule has 1 aliphatic carbocycles. The van der Waals surface area contributed by atoms with Crippen LogP contribution in [-0.4, -0.2) is 0 Å². The van der Waals surface area contributed by atoms with E-state index in [4.69, 9.17) is 4.42 Å². The van der Waals surface area contributed by atoms with Gasteiger partial charge in [-0.3, -0.25) is 0 Å². The van der Waals surface area contributed by atoms with Gasteiger partial charge in [0.15, 0.2) is 0 Å². The molecule has 1 aliphatic rings. The number of rotatable bonds is 4. The number of hydrogen-bond acceptors (Lipinski definition) is 1. The van der Waals surface area contributed by atoms with Crippen LogP contribution < -0.4 is 0 Å². The van der Waals surface area contributed by atoms with E-state index < -0.39 is 5.41 Å². The van der Waals surface area contributed by atoms with Crippen LogP contribution in [-0.2, 0) is 5.41 Å². The van der Waals surface area contributed by atoms with Crippen LogP contribution in [0.3, 0.4) is 0 Å². The molecule has 0 fully saturated rings. The van der Waals surface area contributed by atoms with Gasteiger partial charge in [0.2, 0.25) is 0 Å². The summed E-state index contributed by atoms with van der Waals surface area (Å²) in [6.45, 7) is 0. The molecule has 12 rings (SSSR count). The number of hydrogen-bond donors (Lipinski definition) is 0. The van der Waals surface area contributed by atoms with E-state index in [9.17, 15) is 0 Å². The molecule has 1 heterocycles. The minimum atomic E-state index is -0.431. The van der Waals surface area contributed by atoms with Crippen molar-refractivity contribution in [1.29, 1.82) is 0 Å². The summed E-state index contributed by atoms with van der Waals surface area (Å²) in [5, 5.41) is 9.62. The fourth-order valence-electron chi connectivity index (χ4n) is 9.75. The molecule has 1 nitrogen and oxygen atoms in total. The van der Waals surface area contributed by atoms with Gasteiger partial charge in [0.1, 0.15) is 11.2 Å². The summed E-state index contributed by atoms with van der Waals surface area (Å²) in [6.07, 6.45) is 0. The van der Waals surface area contributed by atoms with Gasteiger partial charge in [0.05, 0.1) is 5.41 Å². The summed E-state index contributed by atoms with van der Waals surface area (Å²) in [7, 11) is 0. The van der Waals surface area contributed by atoms with Gasteiger partial charge in [-0.05, 0) is 119 Å². The molecule has 0 amide bonds. The first kappa shape index (κ1) is 31.2. The molecule has 1 aromatic heterocycles. The van der Waals surface area contributed by atoms with Gasteiger partial charge in [-0.2, -0.15) is 0 Å². The summed E-state index contributed by atoms with van der Waals surface area (Å²) in [6, 6.07) is 75.9. The van der Waals surface area contributed by atoms with E-state index in [0.29, 0.717) is 0 Å². The molecule has 0 aliphatic heterocycles. The van der Waals surface area contributed by atoms with Gasteiger partial charge < -0.3 is 4.42 Å². The van der Waals surface area contributed by atoms with Gasteiger partial charge in [-0.15, -0.1) is 0 Å². The number of furan rings is 1. The Bertz CT molecular complexity index is 3310. The summed E-state index contributed by atoms with van der Waals surface area (Å²) >= 11 is 0. The predicted molar refractivity (Wildman–Crippen MR) is 234 cm³/mol. The molecule has 0 atom stereocenters. The molecular weight excluding hydrogens is 677 g/mol. The van der Waals surface area contributed by atoms with Crippen LogP contribution in [0.15, 0.2) is 211 Å². The molecule has 0 spiro atoms. The average Bonchev–Trinajstić information content (AvgIpc) is 3.80. The second-order valence-corrected chi connectivity index (χ2v) is 15.2. The molecule has 0 N–H and O–H groups in total. The number of benzene rings is 10. The standard InChI is InChI=1S/C55H34O/c1-3-12-43(13-4-1)55(44-14-5-2-6-15-44)51-18-10-9-17-47(51)49-29-26-42-33-40(24-27-45(42)53(49)55)38-20-19-37-32-39(22-21-36(37)31-38)41-25-28-48-50-30-23-35-11-7-8-16-46(35)54(50)56-52(48)34-41/h1-34H. The van der Waals surface area contributed by atoms with Crippen molar-refractivity contribution >= 4 is 54.3 Å². The van der Waals surface area contributed by atoms with Crippen molar-refractivity contribution in [1.82, 2.24) is 0 Å².